The normalized spacial score (nSPS) is 14.0. The van der Waals surface area contributed by atoms with Crippen LogP contribution in [0.4, 0.5) is 0 Å². The highest BCUT2D eigenvalue weighted by Crippen LogP contribution is 2.07. The van der Waals surface area contributed by atoms with Crippen LogP contribution in [0.1, 0.15) is 17.5 Å². The van der Waals surface area contributed by atoms with Gasteiger partial charge in [0, 0.05) is 12.2 Å². The molecule has 9 nitrogen and oxygen atoms in total. The Bertz CT molecular complexity index is 1030. The van der Waals surface area contributed by atoms with E-state index >= 15 is 0 Å². The zero-order valence-corrected chi connectivity index (χ0v) is 22.3. The predicted molar refractivity (Wildman–Crippen MR) is 149 cm³/mol. The number of aliphatic carboxylic acids is 1. The summed E-state index contributed by atoms with van der Waals surface area (Å²) >= 11 is 5.67. The van der Waals surface area contributed by atoms with Gasteiger partial charge in [-0.05, 0) is 36.0 Å². The molecule has 0 aliphatic carbocycles. The highest BCUT2D eigenvalue weighted by atomic mass is 32.2. The van der Waals surface area contributed by atoms with E-state index < -0.39 is 47.9 Å². The summed E-state index contributed by atoms with van der Waals surface area (Å²) in [6.07, 6.45) is 2.59. The lowest BCUT2D eigenvalue weighted by molar-refractivity contribution is -0.142. The molecular weight excluding hydrogens is 512 g/mol. The molecule has 3 amide bonds. The van der Waals surface area contributed by atoms with E-state index in [2.05, 4.69) is 28.6 Å². The number of amides is 3. The van der Waals surface area contributed by atoms with Crippen LogP contribution in [-0.4, -0.2) is 70.7 Å². The van der Waals surface area contributed by atoms with Gasteiger partial charge in [0.1, 0.15) is 18.1 Å². The molecule has 0 saturated heterocycles. The fourth-order valence-electron chi connectivity index (χ4n) is 3.53. The van der Waals surface area contributed by atoms with E-state index in [-0.39, 0.29) is 12.2 Å². The molecule has 0 aliphatic heterocycles. The van der Waals surface area contributed by atoms with Crippen LogP contribution in [0, 0.1) is 0 Å². The minimum absolute atomic E-state index is 0.0635. The third-order valence-corrected chi connectivity index (χ3v) is 6.60. The Morgan fingerprint density at radius 3 is 1.81 bits per heavy atom. The molecule has 4 unspecified atom stereocenters. The molecule has 0 aromatic heterocycles. The van der Waals surface area contributed by atoms with Gasteiger partial charge in [-0.3, -0.25) is 14.4 Å². The number of nitrogens with one attached hydrogen (secondary N) is 3. The second-order valence-electron chi connectivity index (χ2n) is 8.47. The van der Waals surface area contributed by atoms with Gasteiger partial charge in [0.05, 0.1) is 6.04 Å². The number of carboxylic acids is 1. The third kappa shape index (κ3) is 10.5. The molecule has 37 heavy (non-hydrogen) atoms. The maximum absolute atomic E-state index is 13.0. The molecule has 2 aromatic carbocycles. The lowest BCUT2D eigenvalue weighted by atomic mass is 10.1. The predicted octanol–water partition coefficient (Wildman–Crippen LogP) is 1.02. The first-order valence-corrected chi connectivity index (χ1v) is 13.8. The van der Waals surface area contributed by atoms with Crippen molar-refractivity contribution < 1.29 is 24.3 Å². The van der Waals surface area contributed by atoms with Crippen LogP contribution in [0.5, 0.6) is 0 Å². The van der Waals surface area contributed by atoms with Gasteiger partial charge in [-0.1, -0.05) is 60.7 Å². The summed E-state index contributed by atoms with van der Waals surface area (Å²) in [5.41, 5.74) is 7.71. The smallest absolute Gasteiger partial charge is 0.326 e. The van der Waals surface area contributed by atoms with Crippen LogP contribution in [0.25, 0.3) is 0 Å². The van der Waals surface area contributed by atoms with Crippen LogP contribution in [0.15, 0.2) is 60.7 Å². The van der Waals surface area contributed by atoms with Crippen molar-refractivity contribution in [3.63, 3.8) is 0 Å². The molecule has 0 radical (unpaired) electrons. The standard InChI is InChI=1S/C26H34N4O5S2/c1-37-13-12-20(28-23(31)19(27)14-17-8-4-2-5-9-17)24(32)30-22(16-36)25(33)29-21(26(34)35)15-18-10-6-3-7-11-18/h2-11,19-22,36H,12-16,27H2,1H3,(H,28,31)(H,29,33)(H,30,32)(H,34,35). The molecular formula is C26H34N4O5S2. The number of carboxylic acid groups (broad SMARTS) is 1. The van der Waals surface area contributed by atoms with Crippen molar-refractivity contribution in [3.8, 4) is 0 Å². The summed E-state index contributed by atoms with van der Waals surface area (Å²) in [7, 11) is 0. The molecule has 0 saturated carbocycles. The van der Waals surface area contributed by atoms with E-state index in [1.165, 1.54) is 11.8 Å². The number of benzene rings is 2. The zero-order chi connectivity index (χ0) is 27.2. The average molecular weight is 547 g/mol. The molecule has 0 heterocycles. The molecule has 2 aromatic rings. The molecule has 0 fully saturated rings. The van der Waals surface area contributed by atoms with Crippen LogP contribution in [-0.2, 0) is 32.0 Å². The number of hydrogen-bond donors (Lipinski definition) is 6. The van der Waals surface area contributed by atoms with Crippen LogP contribution in [0.3, 0.4) is 0 Å². The zero-order valence-electron chi connectivity index (χ0n) is 20.6. The molecule has 0 aliphatic rings. The van der Waals surface area contributed by atoms with Crippen molar-refractivity contribution in [2.75, 3.05) is 17.8 Å². The van der Waals surface area contributed by atoms with Crippen molar-refractivity contribution in [2.24, 2.45) is 5.73 Å². The summed E-state index contributed by atoms with van der Waals surface area (Å²) in [4.78, 5) is 50.3. The van der Waals surface area contributed by atoms with Crippen molar-refractivity contribution in [1.82, 2.24) is 16.0 Å². The number of thiol groups is 1. The van der Waals surface area contributed by atoms with E-state index in [0.717, 1.165) is 11.1 Å². The first-order valence-electron chi connectivity index (χ1n) is 11.8. The van der Waals surface area contributed by atoms with E-state index in [4.69, 9.17) is 5.73 Å². The first-order chi connectivity index (χ1) is 17.7. The Kier molecular flexibility index (Phi) is 13.0. The van der Waals surface area contributed by atoms with Gasteiger partial charge < -0.3 is 26.8 Å². The lowest BCUT2D eigenvalue weighted by Crippen LogP contribution is -2.58. The second kappa shape index (κ2) is 16.0. The second-order valence-corrected chi connectivity index (χ2v) is 9.82. The van der Waals surface area contributed by atoms with Crippen molar-refractivity contribution >= 4 is 48.1 Å². The molecule has 11 heteroatoms. The lowest BCUT2D eigenvalue weighted by Gasteiger charge is -2.24. The molecule has 200 valence electrons. The Morgan fingerprint density at radius 2 is 1.30 bits per heavy atom. The first kappa shape index (κ1) is 30.2. The summed E-state index contributed by atoms with van der Waals surface area (Å²) in [5.74, 6) is -2.40. The molecule has 0 spiro atoms. The third-order valence-electron chi connectivity index (χ3n) is 5.59. The quantitative estimate of drug-likeness (QED) is 0.183. The van der Waals surface area contributed by atoms with Gasteiger partial charge >= 0.3 is 5.97 Å². The highest BCUT2D eigenvalue weighted by Gasteiger charge is 2.29. The monoisotopic (exact) mass is 546 g/mol. The number of carbonyl (C=O) groups excluding carboxylic acids is 3. The van der Waals surface area contributed by atoms with Crippen LogP contribution in [0.2, 0.25) is 0 Å². The Labute approximate surface area is 226 Å². The van der Waals surface area contributed by atoms with E-state index in [1.807, 2.05) is 42.7 Å². The fraction of sp³-hybridized carbons (Fsp3) is 0.385. The number of carbonyl (C=O) groups is 4. The minimum atomic E-state index is -1.20. The average Bonchev–Trinajstić information content (AvgIpc) is 2.89. The van der Waals surface area contributed by atoms with E-state index in [9.17, 15) is 24.3 Å². The number of hydrogen-bond acceptors (Lipinski definition) is 7. The van der Waals surface area contributed by atoms with Gasteiger partial charge in [0.25, 0.3) is 0 Å². The van der Waals surface area contributed by atoms with Crippen molar-refractivity contribution in [3.05, 3.63) is 71.8 Å². The maximum Gasteiger partial charge on any atom is 0.326 e. The van der Waals surface area contributed by atoms with E-state index in [1.54, 1.807) is 24.3 Å². The molecule has 2 rings (SSSR count). The van der Waals surface area contributed by atoms with Gasteiger partial charge in [-0.25, -0.2) is 4.79 Å². The highest BCUT2D eigenvalue weighted by molar-refractivity contribution is 7.98. The summed E-state index contributed by atoms with van der Waals surface area (Å²) < 4.78 is 0. The number of rotatable bonds is 15. The van der Waals surface area contributed by atoms with Gasteiger partial charge in [-0.15, -0.1) is 0 Å². The van der Waals surface area contributed by atoms with Gasteiger partial charge in [0.2, 0.25) is 17.7 Å². The molecule has 6 N–H and O–H groups in total. The largest absolute Gasteiger partial charge is 0.480 e. The summed E-state index contributed by atoms with van der Waals surface area (Å²) in [6, 6.07) is 14.1. The van der Waals surface area contributed by atoms with Gasteiger partial charge in [0.15, 0.2) is 0 Å². The Hall–Kier alpha value is -3.02. The van der Waals surface area contributed by atoms with Gasteiger partial charge in [-0.2, -0.15) is 24.4 Å². The maximum atomic E-state index is 13.0. The minimum Gasteiger partial charge on any atom is -0.480 e. The Balaban J connectivity index is 2.02. The molecule has 0 bridgehead atoms. The van der Waals surface area contributed by atoms with E-state index in [0.29, 0.717) is 18.6 Å². The summed E-state index contributed by atoms with van der Waals surface area (Å²) in [5, 5.41) is 17.3. The number of thioether (sulfide) groups is 1. The van der Waals surface area contributed by atoms with Crippen LogP contribution < -0.4 is 21.7 Å². The number of nitrogens with two attached hydrogens (primary N) is 1. The Morgan fingerprint density at radius 1 is 0.811 bits per heavy atom. The van der Waals surface area contributed by atoms with Crippen molar-refractivity contribution in [2.45, 2.75) is 43.4 Å². The fourth-order valence-corrected chi connectivity index (χ4v) is 4.26. The SMILES string of the molecule is CSCCC(NC(=O)C(N)Cc1ccccc1)C(=O)NC(CS)C(=O)NC(Cc1ccccc1)C(=O)O. The van der Waals surface area contributed by atoms with Crippen LogP contribution >= 0.6 is 24.4 Å². The molecule has 4 atom stereocenters. The summed E-state index contributed by atoms with van der Waals surface area (Å²) in [6.45, 7) is 0. The topological polar surface area (TPSA) is 151 Å². The van der Waals surface area contributed by atoms with Crippen molar-refractivity contribution in [1.29, 1.82) is 0 Å².